The van der Waals surface area contributed by atoms with Gasteiger partial charge in [-0.1, -0.05) is 24.3 Å². The maximum absolute atomic E-state index is 11.7. The highest BCUT2D eigenvalue weighted by atomic mass is 16.6. The van der Waals surface area contributed by atoms with Crippen molar-refractivity contribution in [1.82, 2.24) is 0 Å². The van der Waals surface area contributed by atoms with Gasteiger partial charge in [0.25, 0.3) is 0 Å². The van der Waals surface area contributed by atoms with Crippen molar-refractivity contribution in [3.05, 3.63) is 59.7 Å². The normalized spacial score (nSPS) is 11.0. The fourth-order valence-electron chi connectivity index (χ4n) is 1.96. The molecule has 0 aromatic heterocycles. The number of benzene rings is 2. The van der Waals surface area contributed by atoms with E-state index in [9.17, 15) is 4.79 Å². The number of nitrogens with one attached hydrogen (secondary N) is 1. The summed E-state index contributed by atoms with van der Waals surface area (Å²) in [6, 6.07) is 14.7. The first-order valence-corrected chi connectivity index (χ1v) is 7.77. The lowest BCUT2D eigenvalue weighted by atomic mass is 10.1. The monoisotopic (exact) mass is 329 g/mol. The average molecular weight is 329 g/mol. The summed E-state index contributed by atoms with van der Waals surface area (Å²) in [5, 5.41) is 11.7. The third-order valence-corrected chi connectivity index (χ3v) is 3.11. The molecule has 0 heterocycles. The van der Waals surface area contributed by atoms with E-state index < -0.39 is 11.7 Å². The molecule has 0 unspecified atom stereocenters. The summed E-state index contributed by atoms with van der Waals surface area (Å²) in [6.45, 7) is 5.92. The Kier molecular flexibility index (Phi) is 5.82. The van der Waals surface area contributed by atoms with Crippen molar-refractivity contribution >= 4 is 11.8 Å². The number of carbonyl (C=O) groups excluding carboxylic acids is 1. The molecule has 0 aliphatic rings. The van der Waals surface area contributed by atoms with Gasteiger partial charge in [-0.2, -0.15) is 0 Å². The van der Waals surface area contributed by atoms with Crippen LogP contribution in [0.4, 0.5) is 10.5 Å². The first-order valence-electron chi connectivity index (χ1n) is 7.77. The van der Waals surface area contributed by atoms with Gasteiger partial charge in [-0.15, -0.1) is 0 Å². The number of anilines is 1. The van der Waals surface area contributed by atoms with Crippen LogP contribution < -0.4 is 10.1 Å². The summed E-state index contributed by atoms with van der Waals surface area (Å²) in [4.78, 5) is 11.7. The zero-order valence-electron chi connectivity index (χ0n) is 14.2. The highest BCUT2D eigenvalue weighted by Gasteiger charge is 2.16. The molecule has 5 heteroatoms. The van der Waals surface area contributed by atoms with Gasteiger partial charge in [0.15, 0.2) is 0 Å². The number of carbonyl (C=O) groups is 1. The average Bonchev–Trinajstić information content (AvgIpc) is 2.53. The highest BCUT2D eigenvalue weighted by Crippen LogP contribution is 2.18. The van der Waals surface area contributed by atoms with Gasteiger partial charge in [-0.05, 0) is 56.2 Å². The van der Waals surface area contributed by atoms with Crippen LogP contribution >= 0.6 is 0 Å². The number of ether oxygens (including phenoxy) is 2. The van der Waals surface area contributed by atoms with Gasteiger partial charge in [-0.3, -0.25) is 5.32 Å². The Balaban J connectivity index is 1.86. The first-order chi connectivity index (χ1) is 11.4. The minimum atomic E-state index is -0.529. The van der Waals surface area contributed by atoms with E-state index in [0.29, 0.717) is 18.0 Å². The minimum absolute atomic E-state index is 0.0350. The van der Waals surface area contributed by atoms with E-state index in [-0.39, 0.29) is 6.61 Å². The Labute approximate surface area is 142 Å². The molecule has 24 heavy (non-hydrogen) atoms. The lowest BCUT2D eigenvalue weighted by Crippen LogP contribution is -2.27. The molecule has 0 radical (unpaired) electrons. The second-order valence-corrected chi connectivity index (χ2v) is 6.41. The van der Waals surface area contributed by atoms with Crippen molar-refractivity contribution < 1.29 is 19.4 Å². The van der Waals surface area contributed by atoms with Crippen molar-refractivity contribution in [3.8, 4) is 5.75 Å². The molecule has 0 spiro atoms. The predicted octanol–water partition coefficient (Wildman–Crippen LogP) is 4.10. The maximum Gasteiger partial charge on any atom is 0.412 e. The second kappa shape index (κ2) is 7.84. The van der Waals surface area contributed by atoms with Crippen LogP contribution in [0.25, 0.3) is 0 Å². The van der Waals surface area contributed by atoms with E-state index in [1.807, 2.05) is 45.0 Å². The van der Waals surface area contributed by atoms with Crippen LogP contribution in [0.5, 0.6) is 5.75 Å². The van der Waals surface area contributed by atoms with Crippen molar-refractivity contribution in [2.75, 3.05) is 5.32 Å². The fraction of sp³-hybridized carbons (Fsp3) is 0.316. The molecule has 0 saturated carbocycles. The SMILES string of the molecule is CC(C)(C)OC(=O)Nc1ccc(OCc2ccc(CO)cc2)cc1. The molecule has 5 nitrogen and oxygen atoms in total. The Morgan fingerprint density at radius 2 is 1.58 bits per heavy atom. The summed E-state index contributed by atoms with van der Waals surface area (Å²) >= 11 is 0. The molecule has 2 aromatic rings. The highest BCUT2D eigenvalue weighted by molar-refractivity contribution is 5.84. The quantitative estimate of drug-likeness (QED) is 0.866. The van der Waals surface area contributed by atoms with Gasteiger partial charge in [0.1, 0.15) is 18.0 Å². The van der Waals surface area contributed by atoms with E-state index in [2.05, 4.69) is 5.32 Å². The molecule has 0 aliphatic heterocycles. The van der Waals surface area contributed by atoms with Gasteiger partial charge in [0, 0.05) is 5.69 Å². The zero-order chi connectivity index (χ0) is 17.6. The van der Waals surface area contributed by atoms with Crippen LogP contribution in [-0.4, -0.2) is 16.8 Å². The Morgan fingerprint density at radius 1 is 1.00 bits per heavy atom. The molecular weight excluding hydrogens is 306 g/mol. The molecule has 2 aromatic carbocycles. The van der Waals surface area contributed by atoms with Crippen molar-refractivity contribution in [2.24, 2.45) is 0 Å². The van der Waals surface area contributed by atoms with Crippen molar-refractivity contribution in [3.63, 3.8) is 0 Å². The summed E-state index contributed by atoms with van der Waals surface area (Å²) in [5.41, 5.74) is 2.00. The lowest BCUT2D eigenvalue weighted by Gasteiger charge is -2.19. The standard InChI is InChI=1S/C19H23NO4/c1-19(2,3)24-18(22)20-16-8-10-17(11-9-16)23-13-15-6-4-14(12-21)5-7-15/h4-11,21H,12-13H2,1-3H3,(H,20,22). The maximum atomic E-state index is 11.7. The van der Waals surface area contributed by atoms with Crippen LogP contribution in [0.3, 0.4) is 0 Å². The Hall–Kier alpha value is -2.53. The van der Waals surface area contributed by atoms with Crippen LogP contribution in [-0.2, 0) is 18.0 Å². The van der Waals surface area contributed by atoms with Crippen LogP contribution in [0.1, 0.15) is 31.9 Å². The molecule has 2 rings (SSSR count). The smallest absolute Gasteiger partial charge is 0.412 e. The first kappa shape index (κ1) is 17.8. The molecule has 2 N–H and O–H groups in total. The van der Waals surface area contributed by atoms with Gasteiger partial charge < -0.3 is 14.6 Å². The van der Waals surface area contributed by atoms with E-state index in [0.717, 1.165) is 11.1 Å². The molecular formula is C19H23NO4. The molecule has 0 atom stereocenters. The third kappa shape index (κ3) is 5.93. The summed E-state index contributed by atoms with van der Waals surface area (Å²) in [5.74, 6) is 0.705. The van der Waals surface area contributed by atoms with Gasteiger partial charge >= 0.3 is 6.09 Å². The van der Waals surface area contributed by atoms with E-state index in [1.165, 1.54) is 0 Å². The van der Waals surface area contributed by atoms with Crippen LogP contribution in [0, 0.1) is 0 Å². The number of hydrogen-bond acceptors (Lipinski definition) is 4. The fourth-order valence-corrected chi connectivity index (χ4v) is 1.96. The number of aliphatic hydroxyl groups excluding tert-OH is 1. The van der Waals surface area contributed by atoms with Crippen LogP contribution in [0.15, 0.2) is 48.5 Å². The minimum Gasteiger partial charge on any atom is -0.489 e. The topological polar surface area (TPSA) is 67.8 Å². The summed E-state index contributed by atoms with van der Waals surface area (Å²) in [7, 11) is 0. The van der Waals surface area contributed by atoms with Crippen molar-refractivity contribution in [2.45, 2.75) is 39.6 Å². The molecule has 0 fully saturated rings. The second-order valence-electron chi connectivity index (χ2n) is 6.41. The number of amides is 1. The van der Waals surface area contributed by atoms with E-state index in [1.54, 1.807) is 24.3 Å². The van der Waals surface area contributed by atoms with Gasteiger partial charge in [0.05, 0.1) is 6.61 Å². The predicted molar refractivity (Wildman–Crippen MR) is 93.0 cm³/mol. The van der Waals surface area contributed by atoms with E-state index >= 15 is 0 Å². The number of aliphatic hydroxyl groups is 1. The van der Waals surface area contributed by atoms with Gasteiger partial charge in [-0.25, -0.2) is 4.79 Å². The molecule has 0 saturated heterocycles. The largest absolute Gasteiger partial charge is 0.489 e. The van der Waals surface area contributed by atoms with Crippen molar-refractivity contribution in [1.29, 1.82) is 0 Å². The van der Waals surface area contributed by atoms with Gasteiger partial charge in [0.2, 0.25) is 0 Å². The Bertz CT molecular complexity index is 657. The van der Waals surface area contributed by atoms with Crippen LogP contribution in [0.2, 0.25) is 0 Å². The lowest BCUT2D eigenvalue weighted by molar-refractivity contribution is 0.0636. The summed E-state index contributed by atoms with van der Waals surface area (Å²) < 4.78 is 10.9. The zero-order valence-corrected chi connectivity index (χ0v) is 14.2. The van der Waals surface area contributed by atoms with E-state index in [4.69, 9.17) is 14.6 Å². The molecule has 128 valence electrons. The summed E-state index contributed by atoms with van der Waals surface area (Å²) in [6.07, 6.45) is -0.486. The third-order valence-electron chi connectivity index (χ3n) is 3.11. The molecule has 1 amide bonds. The number of hydrogen-bond donors (Lipinski definition) is 2. The number of rotatable bonds is 5. The molecule has 0 aliphatic carbocycles. The molecule has 0 bridgehead atoms. The Morgan fingerprint density at radius 3 is 2.12 bits per heavy atom.